The Kier molecular flexibility index (Phi) is 7.32. The highest BCUT2D eigenvalue weighted by molar-refractivity contribution is 7.92. The van der Waals surface area contributed by atoms with Crippen molar-refractivity contribution in [2.75, 3.05) is 31.1 Å². The molecular weight excluding hydrogens is 478 g/mol. The summed E-state index contributed by atoms with van der Waals surface area (Å²) in [6.45, 7) is 8.75. The second kappa shape index (κ2) is 9.57. The largest absolute Gasteiger partial charge is 0.268 e. The van der Waals surface area contributed by atoms with Gasteiger partial charge in [-0.15, -0.1) is 0 Å². The van der Waals surface area contributed by atoms with E-state index in [0.717, 1.165) is 15.3 Å². The van der Waals surface area contributed by atoms with Gasteiger partial charge in [-0.3, -0.25) is 9.59 Å². The topological polar surface area (TPSA) is 112 Å². The first-order chi connectivity index (χ1) is 16.0. The number of hydrogen-bond acceptors (Lipinski definition) is 6. The molecule has 0 radical (unpaired) electrons. The number of benzene rings is 2. The zero-order valence-electron chi connectivity index (χ0n) is 19.9. The van der Waals surface area contributed by atoms with Gasteiger partial charge in [0, 0.05) is 26.2 Å². The minimum Gasteiger partial charge on any atom is -0.268 e. The molecule has 2 aromatic carbocycles. The van der Waals surface area contributed by atoms with Gasteiger partial charge >= 0.3 is 0 Å². The molecule has 0 aliphatic carbocycles. The molecule has 184 valence electrons. The van der Waals surface area contributed by atoms with Gasteiger partial charge in [0.15, 0.2) is 0 Å². The molecule has 0 atom stereocenters. The highest BCUT2D eigenvalue weighted by Crippen LogP contribution is 2.37. The van der Waals surface area contributed by atoms with Crippen molar-refractivity contribution in [3.63, 3.8) is 0 Å². The molecule has 0 N–H and O–H groups in total. The van der Waals surface area contributed by atoms with E-state index < -0.39 is 36.8 Å². The van der Waals surface area contributed by atoms with Gasteiger partial charge in [0.25, 0.3) is 11.8 Å². The van der Waals surface area contributed by atoms with Crippen LogP contribution in [0.1, 0.15) is 54.0 Å². The van der Waals surface area contributed by atoms with Crippen LogP contribution in [0.3, 0.4) is 0 Å². The standard InChI is InChI=1S/C23H29N3O6S2/c1-6-24(7-2)33(29,30)20-14-16(5)19(15-21(20)34(31,32)25(8-3)9-4)26-22(27)17-12-10-11-13-18(17)23(26)28/h10-15H,6-9H2,1-5H3. The van der Waals surface area contributed by atoms with Gasteiger partial charge < -0.3 is 0 Å². The smallest absolute Gasteiger partial charge is 0.266 e. The molecule has 1 heterocycles. The van der Waals surface area contributed by atoms with Crippen molar-refractivity contribution >= 4 is 37.5 Å². The van der Waals surface area contributed by atoms with E-state index in [1.54, 1.807) is 46.8 Å². The molecule has 0 bridgehead atoms. The van der Waals surface area contributed by atoms with Gasteiger partial charge in [-0.1, -0.05) is 39.8 Å². The molecule has 0 fully saturated rings. The van der Waals surface area contributed by atoms with Crippen LogP contribution in [0, 0.1) is 6.92 Å². The van der Waals surface area contributed by atoms with Crippen molar-refractivity contribution in [3.8, 4) is 0 Å². The van der Waals surface area contributed by atoms with E-state index in [4.69, 9.17) is 0 Å². The number of fused-ring (bicyclic) bond motifs is 1. The second-order valence-electron chi connectivity index (χ2n) is 7.76. The van der Waals surface area contributed by atoms with Gasteiger partial charge in [-0.05, 0) is 36.8 Å². The maximum Gasteiger partial charge on any atom is 0.266 e. The normalized spacial score (nSPS) is 14.4. The number of aryl methyl sites for hydroxylation is 1. The first kappa shape index (κ1) is 26.0. The van der Waals surface area contributed by atoms with E-state index >= 15 is 0 Å². The lowest BCUT2D eigenvalue weighted by atomic mass is 10.1. The van der Waals surface area contributed by atoms with Crippen molar-refractivity contribution in [1.29, 1.82) is 0 Å². The lowest BCUT2D eigenvalue weighted by Crippen LogP contribution is -2.36. The van der Waals surface area contributed by atoms with Gasteiger partial charge in [0.1, 0.15) is 9.79 Å². The molecular formula is C23H29N3O6S2. The van der Waals surface area contributed by atoms with Crippen LogP contribution in [0.2, 0.25) is 0 Å². The maximum absolute atomic E-state index is 13.6. The fourth-order valence-electron chi connectivity index (χ4n) is 4.11. The van der Waals surface area contributed by atoms with Crippen LogP contribution in [-0.2, 0) is 20.0 Å². The van der Waals surface area contributed by atoms with Crippen molar-refractivity contribution in [2.45, 2.75) is 44.4 Å². The number of rotatable bonds is 9. The van der Waals surface area contributed by atoms with E-state index in [2.05, 4.69) is 0 Å². The number of amides is 2. The fraction of sp³-hybridized carbons (Fsp3) is 0.391. The third-order valence-electron chi connectivity index (χ3n) is 5.94. The predicted molar refractivity (Wildman–Crippen MR) is 129 cm³/mol. The average Bonchev–Trinajstić information content (AvgIpc) is 3.05. The Morgan fingerprint density at radius 3 is 1.47 bits per heavy atom. The Morgan fingerprint density at radius 2 is 1.09 bits per heavy atom. The van der Waals surface area contributed by atoms with E-state index in [-0.39, 0.29) is 47.9 Å². The van der Waals surface area contributed by atoms with E-state index in [1.165, 1.54) is 22.5 Å². The van der Waals surface area contributed by atoms with Crippen LogP contribution in [0.5, 0.6) is 0 Å². The van der Waals surface area contributed by atoms with Crippen molar-refractivity contribution in [1.82, 2.24) is 8.61 Å². The molecule has 2 amide bonds. The number of carbonyl (C=O) groups excluding carboxylic acids is 2. The van der Waals surface area contributed by atoms with Gasteiger partial charge in [0.2, 0.25) is 20.0 Å². The quantitative estimate of drug-likeness (QED) is 0.483. The second-order valence-corrected chi connectivity index (χ2v) is 11.6. The van der Waals surface area contributed by atoms with E-state index in [1.807, 2.05) is 0 Å². The van der Waals surface area contributed by atoms with E-state index in [9.17, 15) is 26.4 Å². The molecule has 1 aliphatic rings. The highest BCUT2D eigenvalue weighted by atomic mass is 32.2. The molecule has 2 aromatic rings. The summed E-state index contributed by atoms with van der Waals surface area (Å²) in [7, 11) is -8.43. The summed E-state index contributed by atoms with van der Waals surface area (Å²) >= 11 is 0. The first-order valence-corrected chi connectivity index (χ1v) is 14.0. The lowest BCUT2D eigenvalue weighted by Gasteiger charge is -2.26. The Balaban J connectivity index is 2.33. The van der Waals surface area contributed by atoms with Crippen molar-refractivity contribution in [2.24, 2.45) is 0 Å². The predicted octanol–water partition coefficient (Wildman–Crippen LogP) is 2.86. The third kappa shape index (κ3) is 4.06. The number of anilines is 1. The molecule has 0 spiro atoms. The number of imide groups is 1. The van der Waals surface area contributed by atoms with Gasteiger partial charge in [-0.25, -0.2) is 21.7 Å². The average molecular weight is 508 g/mol. The van der Waals surface area contributed by atoms with Crippen LogP contribution in [0.25, 0.3) is 0 Å². The Hall–Kier alpha value is -2.60. The number of carbonyl (C=O) groups is 2. The number of nitrogens with zero attached hydrogens (tertiary/aromatic N) is 3. The molecule has 0 aromatic heterocycles. The number of hydrogen-bond donors (Lipinski definition) is 0. The molecule has 0 saturated carbocycles. The highest BCUT2D eigenvalue weighted by Gasteiger charge is 2.40. The lowest BCUT2D eigenvalue weighted by molar-refractivity contribution is 0.0925. The molecule has 9 nitrogen and oxygen atoms in total. The van der Waals surface area contributed by atoms with Crippen LogP contribution in [0.4, 0.5) is 5.69 Å². The molecule has 1 aliphatic heterocycles. The maximum atomic E-state index is 13.6. The van der Waals surface area contributed by atoms with Crippen LogP contribution in [0.15, 0.2) is 46.2 Å². The SMILES string of the molecule is CCN(CC)S(=O)(=O)c1cc(C)c(N2C(=O)c3ccccc3C2=O)cc1S(=O)(=O)N(CC)CC. The summed E-state index contributed by atoms with van der Waals surface area (Å²) in [6.07, 6.45) is 0. The summed E-state index contributed by atoms with van der Waals surface area (Å²) in [6, 6.07) is 8.70. The summed E-state index contributed by atoms with van der Waals surface area (Å²) in [5.41, 5.74) is 0.744. The van der Waals surface area contributed by atoms with Gasteiger partial charge in [0.05, 0.1) is 16.8 Å². The Morgan fingerprint density at radius 1 is 0.706 bits per heavy atom. The van der Waals surface area contributed by atoms with Crippen molar-refractivity contribution in [3.05, 3.63) is 53.1 Å². The van der Waals surface area contributed by atoms with Crippen molar-refractivity contribution < 1.29 is 26.4 Å². The Labute approximate surface area is 201 Å². The zero-order valence-corrected chi connectivity index (χ0v) is 21.5. The van der Waals surface area contributed by atoms with Gasteiger partial charge in [-0.2, -0.15) is 8.61 Å². The summed E-state index contributed by atoms with van der Waals surface area (Å²) in [5, 5.41) is 0. The summed E-state index contributed by atoms with van der Waals surface area (Å²) in [4.78, 5) is 26.2. The summed E-state index contributed by atoms with van der Waals surface area (Å²) in [5.74, 6) is -1.18. The monoisotopic (exact) mass is 507 g/mol. The minimum absolute atomic E-state index is 0.0374. The minimum atomic E-state index is -4.26. The molecule has 0 unspecified atom stereocenters. The fourth-order valence-corrected chi connectivity index (χ4v) is 7.87. The number of sulfonamides is 2. The van der Waals surface area contributed by atoms with Crippen LogP contribution < -0.4 is 4.90 Å². The summed E-state index contributed by atoms with van der Waals surface area (Å²) < 4.78 is 56.4. The van der Waals surface area contributed by atoms with Crippen LogP contribution >= 0.6 is 0 Å². The van der Waals surface area contributed by atoms with E-state index in [0.29, 0.717) is 5.56 Å². The molecule has 3 rings (SSSR count). The first-order valence-electron chi connectivity index (χ1n) is 11.1. The molecule has 0 saturated heterocycles. The zero-order chi connectivity index (χ0) is 25.4. The Bertz CT molecular complexity index is 1310. The molecule has 34 heavy (non-hydrogen) atoms. The third-order valence-corrected chi connectivity index (χ3v) is 10.3. The van der Waals surface area contributed by atoms with Crippen LogP contribution in [-0.4, -0.2) is 63.4 Å². The molecule has 11 heteroatoms.